The molecule has 2 aromatic rings. The van der Waals surface area contributed by atoms with Gasteiger partial charge in [0.15, 0.2) is 0 Å². The molecule has 6 heteroatoms. The normalized spacial score (nSPS) is 10.7. The second-order valence-corrected chi connectivity index (χ2v) is 4.12. The van der Waals surface area contributed by atoms with Gasteiger partial charge in [0.1, 0.15) is 12.4 Å². The van der Waals surface area contributed by atoms with E-state index in [4.69, 9.17) is 11.0 Å². The topological polar surface area (TPSA) is 67.6 Å². The highest BCUT2D eigenvalue weighted by Crippen LogP contribution is 2.28. The number of benzene rings is 1. The van der Waals surface area contributed by atoms with Gasteiger partial charge in [-0.3, -0.25) is 4.68 Å². The zero-order valence-corrected chi connectivity index (χ0v) is 10.3. The molecule has 2 rings (SSSR count). The van der Waals surface area contributed by atoms with Crippen molar-refractivity contribution in [1.82, 2.24) is 9.78 Å². The first-order chi connectivity index (χ1) is 9.02. The molecule has 0 aliphatic heterocycles. The lowest BCUT2D eigenvalue weighted by Gasteiger charge is -2.08. The largest absolute Gasteiger partial charge is 0.382 e. The van der Waals surface area contributed by atoms with Gasteiger partial charge in [-0.1, -0.05) is 12.1 Å². The van der Waals surface area contributed by atoms with Crippen molar-refractivity contribution in [3.05, 3.63) is 35.4 Å². The second kappa shape index (κ2) is 5.06. The van der Waals surface area contributed by atoms with Gasteiger partial charge < -0.3 is 5.73 Å². The molecule has 0 aliphatic carbocycles. The number of nitriles is 1. The molecule has 98 valence electrons. The molecule has 0 atom stereocenters. The number of alkyl halides is 2. The van der Waals surface area contributed by atoms with Gasteiger partial charge in [0.25, 0.3) is 6.43 Å². The fourth-order valence-corrected chi connectivity index (χ4v) is 1.90. The molecule has 0 saturated carbocycles. The van der Waals surface area contributed by atoms with E-state index >= 15 is 0 Å². The molecule has 4 nitrogen and oxygen atoms in total. The summed E-state index contributed by atoms with van der Waals surface area (Å²) < 4.78 is 26.3. The van der Waals surface area contributed by atoms with Crippen molar-refractivity contribution >= 4 is 5.82 Å². The van der Waals surface area contributed by atoms with Gasteiger partial charge >= 0.3 is 0 Å². The molecule has 0 radical (unpaired) electrons. The second-order valence-electron chi connectivity index (χ2n) is 4.12. The van der Waals surface area contributed by atoms with Crippen molar-refractivity contribution in [1.29, 1.82) is 5.26 Å². The molecule has 1 heterocycles. The van der Waals surface area contributed by atoms with Crippen molar-refractivity contribution in [2.24, 2.45) is 0 Å². The van der Waals surface area contributed by atoms with Crippen molar-refractivity contribution < 1.29 is 8.78 Å². The predicted octanol–water partition coefficient (Wildman–Crippen LogP) is 2.58. The SMILES string of the molecule is Cc1c(N)nn(CC(F)F)c1-c1ccc(C#N)cc1. The molecule has 0 fully saturated rings. The van der Waals surface area contributed by atoms with E-state index in [1.54, 1.807) is 31.2 Å². The maximum Gasteiger partial charge on any atom is 0.257 e. The first-order valence-corrected chi connectivity index (χ1v) is 5.64. The van der Waals surface area contributed by atoms with Crippen LogP contribution in [0.25, 0.3) is 11.3 Å². The molecule has 0 aliphatic rings. The molecule has 0 spiro atoms. The van der Waals surface area contributed by atoms with E-state index in [1.807, 2.05) is 6.07 Å². The first-order valence-electron chi connectivity index (χ1n) is 5.64. The van der Waals surface area contributed by atoms with Crippen LogP contribution >= 0.6 is 0 Å². The Kier molecular flexibility index (Phi) is 3.47. The van der Waals surface area contributed by atoms with Crippen LogP contribution in [0.4, 0.5) is 14.6 Å². The lowest BCUT2D eigenvalue weighted by atomic mass is 10.1. The Labute approximate surface area is 109 Å². The van der Waals surface area contributed by atoms with E-state index in [1.165, 1.54) is 4.68 Å². The summed E-state index contributed by atoms with van der Waals surface area (Å²) in [7, 11) is 0. The molecule has 0 amide bonds. The van der Waals surface area contributed by atoms with Crippen molar-refractivity contribution in [2.75, 3.05) is 5.73 Å². The van der Waals surface area contributed by atoms with Gasteiger partial charge in [-0.05, 0) is 19.1 Å². The summed E-state index contributed by atoms with van der Waals surface area (Å²) in [6.07, 6.45) is -2.50. The van der Waals surface area contributed by atoms with Crippen LogP contribution in [0.15, 0.2) is 24.3 Å². The fourth-order valence-electron chi connectivity index (χ4n) is 1.90. The Hall–Kier alpha value is -2.42. The van der Waals surface area contributed by atoms with Crippen molar-refractivity contribution in [2.45, 2.75) is 19.9 Å². The fraction of sp³-hybridized carbons (Fsp3) is 0.231. The number of nitrogens with two attached hydrogens (primary N) is 1. The number of halogens is 2. The molecule has 0 saturated heterocycles. The molecule has 0 bridgehead atoms. The summed E-state index contributed by atoms with van der Waals surface area (Å²) in [5.74, 6) is 0.236. The maximum atomic E-state index is 12.5. The van der Waals surface area contributed by atoms with Crippen LogP contribution in [-0.2, 0) is 6.54 Å². The zero-order chi connectivity index (χ0) is 14.0. The third-order valence-electron chi connectivity index (χ3n) is 2.82. The highest BCUT2D eigenvalue weighted by Gasteiger charge is 2.17. The molecule has 1 aromatic carbocycles. The minimum absolute atomic E-state index is 0.236. The number of hydrogen-bond acceptors (Lipinski definition) is 3. The van der Waals surface area contributed by atoms with E-state index in [2.05, 4.69) is 5.10 Å². The Balaban J connectivity index is 2.50. The van der Waals surface area contributed by atoms with Crippen LogP contribution in [-0.4, -0.2) is 16.2 Å². The average Bonchev–Trinajstić information content (AvgIpc) is 2.64. The lowest BCUT2D eigenvalue weighted by molar-refractivity contribution is 0.122. The molecular weight excluding hydrogens is 250 g/mol. The van der Waals surface area contributed by atoms with Gasteiger partial charge in [0.05, 0.1) is 17.3 Å². The first kappa shape index (κ1) is 13.0. The summed E-state index contributed by atoms with van der Waals surface area (Å²) in [4.78, 5) is 0. The third-order valence-corrected chi connectivity index (χ3v) is 2.82. The van der Waals surface area contributed by atoms with Crippen LogP contribution < -0.4 is 5.73 Å². The maximum absolute atomic E-state index is 12.5. The van der Waals surface area contributed by atoms with Gasteiger partial charge in [0, 0.05) is 11.1 Å². The van der Waals surface area contributed by atoms with E-state index < -0.39 is 13.0 Å². The zero-order valence-electron chi connectivity index (χ0n) is 10.3. The van der Waals surface area contributed by atoms with Gasteiger partial charge in [0.2, 0.25) is 0 Å². The van der Waals surface area contributed by atoms with Crippen LogP contribution in [0.3, 0.4) is 0 Å². The van der Waals surface area contributed by atoms with Gasteiger partial charge in [-0.25, -0.2) is 8.78 Å². The number of hydrogen-bond donors (Lipinski definition) is 1. The summed E-state index contributed by atoms with van der Waals surface area (Å²) in [5, 5.41) is 12.7. The number of aromatic nitrogens is 2. The smallest absolute Gasteiger partial charge is 0.257 e. The lowest BCUT2D eigenvalue weighted by Crippen LogP contribution is -2.10. The van der Waals surface area contributed by atoms with Crippen LogP contribution in [0.2, 0.25) is 0 Å². The highest BCUT2D eigenvalue weighted by atomic mass is 19.3. The number of anilines is 1. The average molecular weight is 262 g/mol. The van der Waals surface area contributed by atoms with Crippen molar-refractivity contribution in [3.8, 4) is 17.3 Å². The predicted molar refractivity (Wildman–Crippen MR) is 67.5 cm³/mol. The monoisotopic (exact) mass is 262 g/mol. The Morgan fingerprint density at radius 3 is 2.53 bits per heavy atom. The minimum atomic E-state index is -2.50. The minimum Gasteiger partial charge on any atom is -0.382 e. The van der Waals surface area contributed by atoms with E-state index in [0.717, 1.165) is 0 Å². The number of nitrogens with zero attached hydrogens (tertiary/aromatic N) is 3. The molecule has 2 N–H and O–H groups in total. The van der Waals surface area contributed by atoms with E-state index in [0.29, 0.717) is 22.4 Å². The molecule has 0 unspecified atom stereocenters. The quantitative estimate of drug-likeness (QED) is 0.924. The Morgan fingerprint density at radius 2 is 2.00 bits per heavy atom. The number of nitrogen functional groups attached to an aromatic ring is 1. The summed E-state index contributed by atoms with van der Waals surface area (Å²) in [6, 6.07) is 8.66. The Morgan fingerprint density at radius 1 is 1.37 bits per heavy atom. The van der Waals surface area contributed by atoms with Crippen LogP contribution in [0.5, 0.6) is 0 Å². The molecular formula is C13H12F2N4. The Bertz CT molecular complexity index is 623. The van der Waals surface area contributed by atoms with Gasteiger partial charge in [-0.15, -0.1) is 0 Å². The molecule has 19 heavy (non-hydrogen) atoms. The van der Waals surface area contributed by atoms with Crippen LogP contribution in [0.1, 0.15) is 11.1 Å². The summed E-state index contributed by atoms with van der Waals surface area (Å²) >= 11 is 0. The summed E-state index contributed by atoms with van der Waals surface area (Å²) in [5.41, 5.74) is 8.12. The van der Waals surface area contributed by atoms with E-state index in [9.17, 15) is 8.78 Å². The van der Waals surface area contributed by atoms with Crippen LogP contribution in [0, 0.1) is 18.3 Å². The summed E-state index contributed by atoms with van der Waals surface area (Å²) in [6.45, 7) is 1.23. The highest BCUT2D eigenvalue weighted by molar-refractivity contribution is 5.68. The van der Waals surface area contributed by atoms with Gasteiger partial charge in [-0.2, -0.15) is 10.4 Å². The number of rotatable bonds is 3. The van der Waals surface area contributed by atoms with Crippen molar-refractivity contribution in [3.63, 3.8) is 0 Å². The third kappa shape index (κ3) is 2.55. The van der Waals surface area contributed by atoms with E-state index in [-0.39, 0.29) is 5.82 Å². The standard InChI is InChI=1S/C13H12F2N4/c1-8-12(10-4-2-9(6-16)3-5-10)19(7-11(14)15)18-13(8)17/h2-5,11H,7H2,1H3,(H2,17,18). The molecule has 1 aromatic heterocycles.